The third kappa shape index (κ3) is 2.19. The lowest BCUT2D eigenvalue weighted by Crippen LogP contribution is -2.07. The average Bonchev–Trinajstić information content (AvgIpc) is 2.48. The number of carbonyl (C=O) groups excluding carboxylic acids is 1. The number of hydrogen-bond donors (Lipinski definition) is 1. The molecule has 0 aliphatic rings. The van der Waals surface area contributed by atoms with E-state index in [2.05, 4.69) is 15.0 Å². The summed E-state index contributed by atoms with van der Waals surface area (Å²) < 4.78 is 0. The van der Waals surface area contributed by atoms with Crippen molar-refractivity contribution in [2.45, 2.75) is 0 Å². The van der Waals surface area contributed by atoms with Gasteiger partial charge in [0.1, 0.15) is 5.82 Å². The Balaban J connectivity index is 2.10. The van der Waals surface area contributed by atoms with Crippen molar-refractivity contribution in [3.05, 3.63) is 59.0 Å². The van der Waals surface area contributed by atoms with Crippen LogP contribution in [0, 0.1) is 0 Å². The molecule has 2 N–H and O–H groups in total. The van der Waals surface area contributed by atoms with Crippen molar-refractivity contribution in [3.8, 4) is 0 Å². The summed E-state index contributed by atoms with van der Waals surface area (Å²) in [7, 11) is 0. The summed E-state index contributed by atoms with van der Waals surface area (Å²) in [6.07, 6.45) is 4.58. The Labute approximate surface area is 119 Å². The molecule has 0 aliphatic heterocycles. The smallest absolute Gasteiger partial charge is 0.196 e. The van der Waals surface area contributed by atoms with E-state index >= 15 is 0 Å². The summed E-state index contributed by atoms with van der Waals surface area (Å²) in [5.41, 5.74) is 7.84. The van der Waals surface area contributed by atoms with Crippen LogP contribution >= 0.6 is 11.6 Å². The summed E-state index contributed by atoms with van der Waals surface area (Å²) in [6.45, 7) is 0. The van der Waals surface area contributed by atoms with Crippen molar-refractivity contribution in [1.82, 2.24) is 15.0 Å². The van der Waals surface area contributed by atoms with E-state index in [1.807, 2.05) is 0 Å². The van der Waals surface area contributed by atoms with Gasteiger partial charge < -0.3 is 5.73 Å². The molecule has 3 rings (SSSR count). The molecule has 0 aliphatic carbocycles. The van der Waals surface area contributed by atoms with Crippen molar-refractivity contribution in [1.29, 1.82) is 0 Å². The van der Waals surface area contributed by atoms with Gasteiger partial charge in [0.2, 0.25) is 0 Å². The van der Waals surface area contributed by atoms with E-state index in [9.17, 15) is 4.79 Å². The molecule has 5 nitrogen and oxygen atoms in total. The fourth-order valence-corrected chi connectivity index (χ4v) is 2.05. The first-order valence-electron chi connectivity index (χ1n) is 5.81. The molecule has 0 radical (unpaired) electrons. The van der Waals surface area contributed by atoms with Crippen LogP contribution in [0.3, 0.4) is 0 Å². The van der Waals surface area contributed by atoms with Gasteiger partial charge in [-0.05, 0) is 24.3 Å². The van der Waals surface area contributed by atoms with Crippen LogP contribution in [0.2, 0.25) is 5.02 Å². The number of rotatable bonds is 2. The number of carbonyl (C=O) groups is 1. The normalized spacial score (nSPS) is 10.7. The molecule has 1 aromatic carbocycles. The number of nitrogens with zero attached hydrogens (tertiary/aromatic N) is 3. The molecule has 6 heteroatoms. The molecular weight excluding hydrogens is 276 g/mol. The third-order valence-electron chi connectivity index (χ3n) is 2.86. The minimum Gasteiger partial charge on any atom is -0.383 e. The van der Waals surface area contributed by atoms with Crippen molar-refractivity contribution < 1.29 is 4.79 Å². The average molecular weight is 285 g/mol. The summed E-state index contributed by atoms with van der Waals surface area (Å²) >= 11 is 5.85. The minimum absolute atomic E-state index is 0.152. The van der Waals surface area contributed by atoms with Gasteiger partial charge in [-0.15, -0.1) is 0 Å². The molecule has 0 spiro atoms. The van der Waals surface area contributed by atoms with Crippen LogP contribution in [0.4, 0.5) is 5.82 Å². The molecule has 0 saturated heterocycles. The lowest BCUT2D eigenvalue weighted by molar-refractivity contribution is 0.103. The molecule has 2 aromatic heterocycles. The molecule has 0 unspecified atom stereocenters. The zero-order valence-corrected chi connectivity index (χ0v) is 11.0. The maximum Gasteiger partial charge on any atom is 0.196 e. The summed E-state index contributed by atoms with van der Waals surface area (Å²) in [5.74, 6) is -0.0938. The van der Waals surface area contributed by atoms with E-state index in [-0.39, 0.29) is 17.2 Å². The lowest BCUT2D eigenvalue weighted by atomic mass is 10.0. The molecule has 3 aromatic rings. The van der Waals surface area contributed by atoms with Crippen LogP contribution in [0.15, 0.2) is 42.9 Å². The van der Waals surface area contributed by atoms with E-state index < -0.39 is 0 Å². The van der Waals surface area contributed by atoms with E-state index in [1.165, 1.54) is 12.3 Å². The van der Waals surface area contributed by atoms with Gasteiger partial charge in [-0.2, -0.15) is 0 Å². The van der Waals surface area contributed by atoms with Gasteiger partial charge in [-0.25, -0.2) is 4.98 Å². The molecule has 0 amide bonds. The van der Waals surface area contributed by atoms with Crippen LogP contribution in [0.1, 0.15) is 15.9 Å². The van der Waals surface area contributed by atoms with Crippen molar-refractivity contribution in [3.63, 3.8) is 0 Å². The van der Waals surface area contributed by atoms with Crippen LogP contribution in [-0.4, -0.2) is 20.7 Å². The fraction of sp³-hybridized carbons (Fsp3) is 0. The van der Waals surface area contributed by atoms with Gasteiger partial charge in [-0.1, -0.05) is 11.6 Å². The predicted octanol–water partition coefficient (Wildman–Crippen LogP) is 2.49. The molecule has 0 bridgehead atoms. The number of benzene rings is 1. The molecule has 0 saturated carbocycles. The van der Waals surface area contributed by atoms with Gasteiger partial charge >= 0.3 is 0 Å². The molecule has 2 heterocycles. The highest BCUT2D eigenvalue weighted by Gasteiger charge is 2.14. The topological polar surface area (TPSA) is 81.8 Å². The number of ketones is 1. The van der Waals surface area contributed by atoms with Gasteiger partial charge in [0, 0.05) is 24.2 Å². The van der Waals surface area contributed by atoms with Crippen LogP contribution in [-0.2, 0) is 0 Å². The maximum absolute atomic E-state index is 12.4. The number of halogens is 1. The first-order chi connectivity index (χ1) is 9.65. The standard InChI is InChI=1S/C14H9ClN4O/c15-9-6-10(14(16)19-7-9)13(20)8-1-2-11-12(5-8)18-4-3-17-11/h1-7H,(H2,16,19). The second-order valence-corrected chi connectivity index (χ2v) is 4.61. The Morgan fingerprint density at radius 1 is 1.05 bits per heavy atom. The number of fused-ring (bicyclic) bond motifs is 1. The van der Waals surface area contributed by atoms with E-state index in [1.54, 1.807) is 30.6 Å². The summed E-state index contributed by atoms with van der Waals surface area (Å²) in [6, 6.07) is 6.60. The second-order valence-electron chi connectivity index (χ2n) is 4.18. The second kappa shape index (κ2) is 4.86. The highest BCUT2D eigenvalue weighted by Crippen LogP contribution is 2.20. The molecule has 0 fully saturated rings. The SMILES string of the molecule is Nc1ncc(Cl)cc1C(=O)c1ccc2nccnc2c1. The number of nitrogens with two attached hydrogens (primary N) is 1. The number of nitrogen functional groups attached to an aromatic ring is 1. The first-order valence-corrected chi connectivity index (χ1v) is 6.19. The Morgan fingerprint density at radius 3 is 2.60 bits per heavy atom. The predicted molar refractivity (Wildman–Crippen MR) is 76.6 cm³/mol. The monoisotopic (exact) mass is 284 g/mol. The van der Waals surface area contributed by atoms with Crippen molar-refractivity contribution in [2.75, 3.05) is 5.73 Å². The molecular formula is C14H9ClN4O. The third-order valence-corrected chi connectivity index (χ3v) is 3.07. The Hall–Kier alpha value is -2.53. The highest BCUT2D eigenvalue weighted by atomic mass is 35.5. The van der Waals surface area contributed by atoms with Gasteiger partial charge in [-0.3, -0.25) is 14.8 Å². The van der Waals surface area contributed by atoms with Gasteiger partial charge in [0.25, 0.3) is 0 Å². The zero-order chi connectivity index (χ0) is 14.1. The number of anilines is 1. The quantitative estimate of drug-likeness (QED) is 0.731. The summed E-state index contributed by atoms with van der Waals surface area (Å²) in [4.78, 5) is 24.6. The first kappa shape index (κ1) is 12.5. The van der Waals surface area contributed by atoms with Gasteiger partial charge in [0.15, 0.2) is 5.78 Å². The van der Waals surface area contributed by atoms with Crippen LogP contribution in [0.5, 0.6) is 0 Å². The van der Waals surface area contributed by atoms with E-state index in [0.29, 0.717) is 16.1 Å². The van der Waals surface area contributed by atoms with Crippen molar-refractivity contribution in [2.24, 2.45) is 0 Å². The van der Waals surface area contributed by atoms with E-state index in [0.717, 1.165) is 5.52 Å². The van der Waals surface area contributed by atoms with Crippen LogP contribution < -0.4 is 5.73 Å². The number of pyridine rings is 1. The fourth-order valence-electron chi connectivity index (χ4n) is 1.89. The largest absolute Gasteiger partial charge is 0.383 e. The van der Waals surface area contributed by atoms with Crippen LogP contribution in [0.25, 0.3) is 11.0 Å². The van der Waals surface area contributed by atoms with Gasteiger partial charge in [0.05, 0.1) is 21.6 Å². The zero-order valence-electron chi connectivity index (χ0n) is 10.2. The Kier molecular flexibility index (Phi) is 3.04. The minimum atomic E-state index is -0.245. The Morgan fingerprint density at radius 2 is 1.80 bits per heavy atom. The maximum atomic E-state index is 12.4. The van der Waals surface area contributed by atoms with E-state index in [4.69, 9.17) is 17.3 Å². The highest BCUT2D eigenvalue weighted by molar-refractivity contribution is 6.31. The van der Waals surface area contributed by atoms with Crippen molar-refractivity contribution >= 4 is 34.2 Å². The Bertz CT molecular complexity index is 819. The molecule has 98 valence electrons. The number of hydrogen-bond acceptors (Lipinski definition) is 5. The number of aromatic nitrogens is 3. The lowest BCUT2D eigenvalue weighted by Gasteiger charge is -2.05. The summed E-state index contributed by atoms with van der Waals surface area (Å²) in [5, 5.41) is 0.364. The molecule has 20 heavy (non-hydrogen) atoms. The molecule has 0 atom stereocenters.